The van der Waals surface area contributed by atoms with Crippen LogP contribution in [0.2, 0.25) is 0 Å². The third kappa shape index (κ3) is 5.84. The summed E-state index contributed by atoms with van der Waals surface area (Å²) in [4.78, 5) is 24.8. The van der Waals surface area contributed by atoms with Crippen LogP contribution in [0.25, 0.3) is 0 Å². The van der Waals surface area contributed by atoms with E-state index < -0.39 is 47.0 Å². The highest BCUT2D eigenvalue weighted by Crippen LogP contribution is 2.39. The monoisotopic (exact) mass is 495 g/mol. The molecule has 0 fully saturated rings. The number of carbonyl (C=O) groups is 2. The van der Waals surface area contributed by atoms with E-state index in [0.717, 1.165) is 18.2 Å². The zero-order valence-corrected chi connectivity index (χ0v) is 18.4. The molecular weight excluding hydrogens is 477 g/mol. The van der Waals surface area contributed by atoms with Crippen molar-refractivity contribution in [3.8, 4) is 0 Å². The molecule has 2 N–H and O–H groups in total. The summed E-state index contributed by atoms with van der Waals surface area (Å²) in [5, 5.41) is 4.69. The second-order valence-electron chi connectivity index (χ2n) is 7.20. The highest BCUT2D eigenvalue weighted by atomic mass is 32.1. The molecular formula is C23H18F5N3O2S. The Morgan fingerprint density at radius 3 is 2.24 bits per heavy atom. The zero-order chi connectivity index (χ0) is 25.0. The van der Waals surface area contributed by atoms with Crippen LogP contribution in [0.5, 0.6) is 0 Å². The topological polar surface area (TPSA) is 61.4 Å². The summed E-state index contributed by atoms with van der Waals surface area (Å²) in [6, 6.07) is 11.3. The largest absolute Gasteiger partial charge is 0.418 e. The molecule has 0 bridgehead atoms. The molecule has 0 saturated heterocycles. The number of hydrogen-bond acceptors (Lipinski definition) is 3. The smallest absolute Gasteiger partial charge is 0.330 e. The quantitative estimate of drug-likeness (QED) is 0.285. The van der Waals surface area contributed by atoms with Gasteiger partial charge in [-0.2, -0.15) is 13.2 Å². The molecule has 0 heterocycles. The highest BCUT2D eigenvalue weighted by Gasteiger charge is 2.36. The summed E-state index contributed by atoms with van der Waals surface area (Å²) >= 11 is 3.92. The third-order valence-corrected chi connectivity index (χ3v) is 5.21. The molecule has 3 rings (SSSR count). The molecule has 34 heavy (non-hydrogen) atoms. The van der Waals surface area contributed by atoms with Gasteiger partial charge < -0.3 is 10.6 Å². The van der Waals surface area contributed by atoms with Gasteiger partial charge in [0.1, 0.15) is 11.6 Å². The molecule has 1 unspecified atom stereocenters. The van der Waals surface area contributed by atoms with E-state index >= 15 is 0 Å². The minimum absolute atomic E-state index is 0.258. The number of nitrogens with one attached hydrogen (secondary N) is 2. The van der Waals surface area contributed by atoms with Gasteiger partial charge >= 0.3 is 12.2 Å². The van der Waals surface area contributed by atoms with Crippen molar-refractivity contribution in [1.82, 2.24) is 5.32 Å². The minimum atomic E-state index is -4.90. The molecule has 0 aliphatic heterocycles. The van der Waals surface area contributed by atoms with E-state index in [1.54, 1.807) is 6.92 Å². The van der Waals surface area contributed by atoms with E-state index in [0.29, 0.717) is 15.9 Å². The first-order chi connectivity index (χ1) is 16.0. The number of rotatable bonds is 5. The molecule has 3 aromatic carbocycles. The maximum atomic E-state index is 13.8. The molecule has 3 amide bonds. The van der Waals surface area contributed by atoms with Crippen LogP contribution in [0.3, 0.4) is 0 Å². The summed E-state index contributed by atoms with van der Waals surface area (Å²) in [6.07, 6.45) is -4.90. The van der Waals surface area contributed by atoms with E-state index in [1.807, 2.05) is 0 Å². The van der Waals surface area contributed by atoms with Crippen molar-refractivity contribution in [3.05, 3.63) is 95.1 Å². The fraction of sp³-hybridized carbons (Fsp3) is 0.130. The van der Waals surface area contributed by atoms with Crippen molar-refractivity contribution >= 4 is 36.1 Å². The van der Waals surface area contributed by atoms with Gasteiger partial charge in [-0.05, 0) is 55.0 Å². The lowest BCUT2D eigenvalue weighted by atomic mass is 10.1. The number of nitrogens with zero attached hydrogens (tertiary/aromatic N) is 1. The van der Waals surface area contributed by atoms with Crippen LogP contribution in [0, 0.1) is 11.6 Å². The Labute approximate surface area is 197 Å². The van der Waals surface area contributed by atoms with Crippen LogP contribution in [-0.2, 0) is 6.18 Å². The number of hydrogen-bond donors (Lipinski definition) is 3. The molecule has 0 aliphatic carbocycles. The molecule has 0 spiro atoms. The highest BCUT2D eigenvalue weighted by molar-refractivity contribution is 7.82. The first-order valence-corrected chi connectivity index (χ1v) is 10.2. The Hall–Kier alpha value is -3.60. The SMILES string of the molecule is CC(NC(=O)N(S)c1ccc(NC(=O)c2ccccc2F)cc1C(F)(F)F)c1ccc(F)cc1. The van der Waals surface area contributed by atoms with Gasteiger partial charge in [0.05, 0.1) is 22.9 Å². The number of thiol groups is 1. The Balaban J connectivity index is 1.83. The zero-order valence-electron chi connectivity index (χ0n) is 17.5. The number of amides is 3. The van der Waals surface area contributed by atoms with Crippen molar-refractivity contribution < 1.29 is 31.5 Å². The van der Waals surface area contributed by atoms with Gasteiger partial charge in [0.15, 0.2) is 0 Å². The number of halogens is 5. The number of alkyl halides is 3. The number of carbonyl (C=O) groups excluding carboxylic acids is 2. The lowest BCUT2D eigenvalue weighted by molar-refractivity contribution is -0.136. The first kappa shape index (κ1) is 25.0. The Kier molecular flexibility index (Phi) is 7.45. The average molecular weight is 495 g/mol. The maximum absolute atomic E-state index is 13.8. The molecule has 0 aliphatic rings. The van der Waals surface area contributed by atoms with E-state index in [4.69, 9.17) is 0 Å². The van der Waals surface area contributed by atoms with Crippen molar-refractivity contribution in [2.75, 3.05) is 9.62 Å². The number of urea groups is 1. The molecule has 178 valence electrons. The predicted molar refractivity (Wildman–Crippen MR) is 121 cm³/mol. The van der Waals surface area contributed by atoms with Gasteiger partial charge in [-0.15, -0.1) is 0 Å². The predicted octanol–water partition coefficient (Wildman–Crippen LogP) is 6.36. The molecule has 5 nitrogen and oxygen atoms in total. The maximum Gasteiger partial charge on any atom is 0.418 e. The summed E-state index contributed by atoms with van der Waals surface area (Å²) in [6.45, 7) is 1.57. The van der Waals surface area contributed by atoms with Gasteiger partial charge in [-0.3, -0.25) is 4.79 Å². The molecule has 11 heteroatoms. The number of benzene rings is 3. The van der Waals surface area contributed by atoms with Gasteiger partial charge in [-0.25, -0.2) is 17.9 Å². The summed E-state index contributed by atoms with van der Waals surface area (Å²) in [5.41, 5.74) is -1.92. The van der Waals surface area contributed by atoms with Crippen molar-refractivity contribution in [2.45, 2.75) is 19.1 Å². The van der Waals surface area contributed by atoms with Crippen LogP contribution in [0.4, 0.5) is 38.1 Å². The second kappa shape index (κ2) is 10.1. The molecule has 1 atom stereocenters. The van der Waals surface area contributed by atoms with Gasteiger partial charge in [0.25, 0.3) is 5.91 Å². The van der Waals surface area contributed by atoms with Crippen LogP contribution >= 0.6 is 12.8 Å². The van der Waals surface area contributed by atoms with E-state index in [2.05, 4.69) is 23.4 Å². The Morgan fingerprint density at radius 2 is 1.62 bits per heavy atom. The second-order valence-corrected chi connectivity index (χ2v) is 7.60. The van der Waals surface area contributed by atoms with E-state index in [-0.39, 0.29) is 11.3 Å². The lowest BCUT2D eigenvalue weighted by Gasteiger charge is -2.24. The standard InChI is InChI=1S/C23H18F5N3O2S/c1-13(14-6-8-15(24)9-7-14)29-22(33)31(34)20-11-10-16(12-18(20)23(26,27)28)30-21(32)17-4-2-3-5-19(17)25/h2-13,34H,1H3,(H,29,33)(H,30,32). The molecule has 0 saturated carbocycles. The summed E-state index contributed by atoms with van der Waals surface area (Å²) < 4.78 is 68.6. The van der Waals surface area contributed by atoms with Crippen LogP contribution < -0.4 is 14.9 Å². The first-order valence-electron chi connectivity index (χ1n) is 9.79. The van der Waals surface area contributed by atoms with Crippen molar-refractivity contribution in [3.63, 3.8) is 0 Å². The fourth-order valence-electron chi connectivity index (χ4n) is 3.06. The van der Waals surface area contributed by atoms with Gasteiger partial charge in [0, 0.05) is 5.69 Å². The fourth-order valence-corrected chi connectivity index (χ4v) is 3.29. The number of anilines is 2. The van der Waals surface area contributed by atoms with E-state index in [9.17, 15) is 31.5 Å². The molecule has 0 aromatic heterocycles. The minimum Gasteiger partial charge on any atom is -0.330 e. The van der Waals surface area contributed by atoms with Gasteiger partial charge in [-0.1, -0.05) is 37.1 Å². The summed E-state index contributed by atoms with van der Waals surface area (Å²) in [7, 11) is 0. The average Bonchev–Trinajstić information content (AvgIpc) is 2.78. The Morgan fingerprint density at radius 1 is 0.971 bits per heavy atom. The Bertz CT molecular complexity index is 1200. The molecule has 0 radical (unpaired) electrons. The summed E-state index contributed by atoms with van der Waals surface area (Å²) in [5.74, 6) is -2.25. The van der Waals surface area contributed by atoms with E-state index in [1.165, 1.54) is 42.5 Å². The molecule has 3 aromatic rings. The third-order valence-electron chi connectivity index (χ3n) is 4.81. The van der Waals surface area contributed by atoms with Crippen molar-refractivity contribution in [2.24, 2.45) is 0 Å². The van der Waals surface area contributed by atoms with Crippen LogP contribution in [-0.4, -0.2) is 11.9 Å². The van der Waals surface area contributed by atoms with Crippen molar-refractivity contribution in [1.29, 1.82) is 0 Å². The van der Waals surface area contributed by atoms with Crippen LogP contribution in [0.15, 0.2) is 66.7 Å². The van der Waals surface area contributed by atoms with Gasteiger partial charge in [0.2, 0.25) is 0 Å². The lowest BCUT2D eigenvalue weighted by Crippen LogP contribution is -2.36. The normalized spacial score (nSPS) is 12.1. The van der Waals surface area contributed by atoms with Crippen LogP contribution in [0.1, 0.15) is 34.5 Å².